The Kier molecular flexibility index (Phi) is 6.94. The molecule has 0 saturated heterocycles. The molecule has 3 aromatic heterocycles. The molecule has 10 heteroatoms. The van der Waals surface area contributed by atoms with E-state index in [1.54, 1.807) is 18.5 Å². The molecule has 0 aliphatic rings. The summed E-state index contributed by atoms with van der Waals surface area (Å²) >= 11 is 6.69. The number of H-pyrrole nitrogens is 1. The Hall–Kier alpha value is -4.52. The van der Waals surface area contributed by atoms with Gasteiger partial charge in [0.25, 0.3) is 0 Å². The van der Waals surface area contributed by atoms with Crippen LogP contribution in [0.5, 0.6) is 0 Å². The average Bonchev–Trinajstić information content (AvgIpc) is 3.46. The molecule has 5 aromatic rings. The van der Waals surface area contributed by atoms with Crippen molar-refractivity contribution in [3.05, 3.63) is 106 Å². The smallest absolute Gasteiger partial charge is 0.109 e. The van der Waals surface area contributed by atoms with E-state index in [9.17, 15) is 10.4 Å². The predicted octanol–water partition coefficient (Wildman–Crippen LogP) is 4.93. The van der Waals surface area contributed by atoms with Gasteiger partial charge in [0.1, 0.15) is 11.8 Å². The first kappa shape index (κ1) is 24.2. The van der Waals surface area contributed by atoms with Crippen molar-refractivity contribution in [2.45, 2.75) is 19.0 Å². The minimum absolute atomic E-state index is 0.168. The van der Waals surface area contributed by atoms with Crippen LogP contribution >= 0.6 is 11.6 Å². The number of halogens is 1. The Morgan fingerprint density at radius 1 is 1.11 bits per heavy atom. The second-order valence-electron chi connectivity index (χ2n) is 8.46. The molecule has 184 valence electrons. The van der Waals surface area contributed by atoms with Gasteiger partial charge in [-0.3, -0.25) is 15.1 Å². The predicted molar refractivity (Wildman–Crippen MR) is 142 cm³/mol. The molecular formula is C27H23ClN8O. The number of benzene rings is 2. The number of hydrogen-bond donors (Lipinski definition) is 4. The van der Waals surface area contributed by atoms with Crippen LogP contribution in [0, 0.1) is 18.3 Å². The molecule has 0 bridgehead atoms. The number of hydrogen-bond acceptors (Lipinski definition) is 8. The molecule has 4 N–H and O–H groups in total. The van der Waals surface area contributed by atoms with Crippen molar-refractivity contribution in [3.8, 4) is 6.07 Å². The summed E-state index contributed by atoms with van der Waals surface area (Å²) in [5.41, 5.74) is 5.45. The van der Waals surface area contributed by atoms with Crippen LogP contribution in [0.4, 0.5) is 11.4 Å². The van der Waals surface area contributed by atoms with Crippen molar-refractivity contribution in [2.24, 2.45) is 0 Å². The van der Waals surface area contributed by atoms with Gasteiger partial charge in [-0.25, -0.2) is 0 Å². The lowest BCUT2D eigenvalue weighted by molar-refractivity contribution is 0.276. The highest BCUT2D eigenvalue weighted by Crippen LogP contribution is 2.37. The Morgan fingerprint density at radius 3 is 2.65 bits per heavy atom. The number of pyridine rings is 2. The van der Waals surface area contributed by atoms with Gasteiger partial charge in [0.2, 0.25) is 0 Å². The fourth-order valence-electron chi connectivity index (χ4n) is 4.31. The number of fused-ring (bicyclic) bond motifs is 1. The number of nitriles is 1. The maximum absolute atomic E-state index is 10.1. The largest absolute Gasteiger partial charge is 0.394 e. The lowest BCUT2D eigenvalue weighted by atomic mass is 10.0. The van der Waals surface area contributed by atoms with Crippen LogP contribution in [0.1, 0.15) is 40.2 Å². The van der Waals surface area contributed by atoms with Crippen LogP contribution in [-0.4, -0.2) is 37.1 Å². The standard InChI is InChI=1S/C27H23ClN8O/c1-16-20(8-5-9-30-16)27(23-14-32-36-35-23)33-19-10-21-25(18(12-29)13-31-26(21)22(28)11-19)34-24(15-37)17-6-3-2-4-7-17/h2-11,13-14,24,27,33,37H,15H2,1H3,(H,31,34)(H,32,35,36). The van der Waals surface area contributed by atoms with Gasteiger partial charge in [-0.1, -0.05) is 53.2 Å². The molecule has 9 nitrogen and oxygen atoms in total. The fraction of sp³-hybridized carbons (Fsp3) is 0.148. The molecule has 0 spiro atoms. The Balaban J connectivity index is 1.61. The SMILES string of the molecule is Cc1ncccc1C(Nc1cc(Cl)c2ncc(C#N)c(NC(CO)c3ccccc3)c2c1)c1c[nH]nn1. The van der Waals surface area contributed by atoms with Crippen molar-refractivity contribution in [1.82, 2.24) is 25.4 Å². The van der Waals surface area contributed by atoms with E-state index < -0.39 is 6.04 Å². The lowest BCUT2D eigenvalue weighted by Gasteiger charge is -2.22. The minimum atomic E-state index is -0.435. The number of nitrogens with one attached hydrogen (secondary N) is 3. The van der Waals surface area contributed by atoms with Gasteiger partial charge >= 0.3 is 0 Å². The molecule has 37 heavy (non-hydrogen) atoms. The quantitative estimate of drug-likeness (QED) is 0.231. The molecule has 2 unspecified atom stereocenters. The molecule has 5 rings (SSSR count). The first-order valence-electron chi connectivity index (χ1n) is 11.6. The lowest BCUT2D eigenvalue weighted by Crippen LogP contribution is -2.16. The highest BCUT2D eigenvalue weighted by Gasteiger charge is 2.22. The summed E-state index contributed by atoms with van der Waals surface area (Å²) in [7, 11) is 0. The third-order valence-corrected chi connectivity index (χ3v) is 6.44. The van der Waals surface area contributed by atoms with Crippen molar-refractivity contribution in [2.75, 3.05) is 17.2 Å². The fourth-order valence-corrected chi connectivity index (χ4v) is 4.58. The van der Waals surface area contributed by atoms with E-state index in [0.717, 1.165) is 16.8 Å². The van der Waals surface area contributed by atoms with E-state index >= 15 is 0 Å². The van der Waals surface area contributed by atoms with Gasteiger partial charge in [-0.05, 0) is 30.7 Å². The van der Waals surface area contributed by atoms with Gasteiger partial charge in [0, 0.05) is 40.9 Å². The van der Waals surface area contributed by atoms with Crippen molar-refractivity contribution in [1.29, 1.82) is 5.26 Å². The van der Waals surface area contributed by atoms with E-state index in [0.29, 0.717) is 38.6 Å². The first-order chi connectivity index (χ1) is 18.1. The average molecular weight is 511 g/mol. The van der Waals surface area contributed by atoms with Gasteiger partial charge in [-0.2, -0.15) is 5.26 Å². The molecule has 0 amide bonds. The van der Waals surface area contributed by atoms with Crippen molar-refractivity contribution < 1.29 is 5.11 Å². The van der Waals surface area contributed by atoms with E-state index in [1.807, 2.05) is 55.5 Å². The molecule has 0 saturated carbocycles. The van der Waals surface area contributed by atoms with Crippen LogP contribution in [0.3, 0.4) is 0 Å². The second kappa shape index (κ2) is 10.6. The molecule has 0 fully saturated rings. The zero-order valence-electron chi connectivity index (χ0n) is 19.9. The zero-order valence-corrected chi connectivity index (χ0v) is 20.6. The summed E-state index contributed by atoms with van der Waals surface area (Å²) < 4.78 is 0. The number of aromatic nitrogens is 5. The van der Waals surface area contributed by atoms with Gasteiger partial charge in [0.15, 0.2) is 0 Å². The molecule has 0 aliphatic heterocycles. The Bertz CT molecular complexity index is 1570. The number of aliphatic hydroxyl groups is 1. The maximum Gasteiger partial charge on any atom is 0.109 e. The zero-order chi connectivity index (χ0) is 25.8. The molecule has 0 aliphatic carbocycles. The highest BCUT2D eigenvalue weighted by molar-refractivity contribution is 6.35. The van der Waals surface area contributed by atoms with Gasteiger partial charge in [-0.15, -0.1) is 5.10 Å². The highest BCUT2D eigenvalue weighted by atomic mass is 35.5. The van der Waals surface area contributed by atoms with Crippen molar-refractivity contribution in [3.63, 3.8) is 0 Å². The summed E-state index contributed by atoms with van der Waals surface area (Å²) in [5.74, 6) is 0. The molecular weight excluding hydrogens is 488 g/mol. The third-order valence-electron chi connectivity index (χ3n) is 6.15. The Labute approximate surface area is 218 Å². The number of rotatable bonds is 8. The van der Waals surface area contributed by atoms with Crippen LogP contribution in [-0.2, 0) is 0 Å². The van der Waals surface area contributed by atoms with Crippen LogP contribution in [0.2, 0.25) is 5.02 Å². The number of aromatic amines is 1. The first-order valence-corrected chi connectivity index (χ1v) is 12.0. The van der Waals surface area contributed by atoms with Crippen molar-refractivity contribution >= 4 is 33.9 Å². The summed E-state index contributed by atoms with van der Waals surface area (Å²) in [4.78, 5) is 8.86. The summed E-state index contributed by atoms with van der Waals surface area (Å²) in [6.07, 6.45) is 4.95. The number of nitrogens with zero attached hydrogens (tertiary/aromatic N) is 5. The third kappa shape index (κ3) is 4.93. The second-order valence-corrected chi connectivity index (χ2v) is 8.86. The molecule has 2 aromatic carbocycles. The van der Waals surface area contributed by atoms with E-state index in [2.05, 4.69) is 42.1 Å². The Morgan fingerprint density at radius 2 is 1.95 bits per heavy atom. The summed E-state index contributed by atoms with van der Waals surface area (Å²) in [6, 6.07) is 18.5. The monoisotopic (exact) mass is 510 g/mol. The molecule has 2 atom stereocenters. The summed E-state index contributed by atoms with van der Waals surface area (Å²) in [6.45, 7) is 1.76. The van der Waals surface area contributed by atoms with Gasteiger partial charge in [0.05, 0.1) is 40.5 Å². The van der Waals surface area contributed by atoms with Crippen LogP contribution in [0.25, 0.3) is 10.9 Å². The summed E-state index contributed by atoms with van der Waals surface area (Å²) in [5, 5.41) is 38.8. The topological polar surface area (TPSA) is 135 Å². The normalized spacial score (nSPS) is 12.6. The van der Waals surface area contributed by atoms with Crippen LogP contribution < -0.4 is 10.6 Å². The number of aliphatic hydroxyl groups excluding tert-OH is 1. The van der Waals surface area contributed by atoms with Gasteiger partial charge < -0.3 is 15.7 Å². The number of aryl methyl sites for hydroxylation is 1. The molecule has 0 radical (unpaired) electrons. The van der Waals surface area contributed by atoms with E-state index in [1.165, 1.54) is 6.20 Å². The molecule has 3 heterocycles. The maximum atomic E-state index is 10.1. The van der Waals surface area contributed by atoms with Crippen LogP contribution in [0.15, 0.2) is 73.2 Å². The van der Waals surface area contributed by atoms with E-state index in [4.69, 9.17) is 11.6 Å². The number of anilines is 2. The van der Waals surface area contributed by atoms with E-state index in [-0.39, 0.29) is 12.6 Å². The minimum Gasteiger partial charge on any atom is -0.394 e.